The van der Waals surface area contributed by atoms with Crippen molar-refractivity contribution >= 4 is 49.8 Å². The van der Waals surface area contributed by atoms with Crippen molar-refractivity contribution in [2.45, 2.75) is 57.8 Å². The Morgan fingerprint density at radius 1 is 0.653 bits per heavy atom. The van der Waals surface area contributed by atoms with Gasteiger partial charge in [0.1, 0.15) is 5.58 Å². The molecule has 2 aliphatic carbocycles. The number of anilines is 3. The lowest BCUT2D eigenvalue weighted by molar-refractivity contribution is 0.503. The molecule has 240 valence electrons. The molecule has 0 saturated carbocycles. The van der Waals surface area contributed by atoms with Gasteiger partial charge in [-0.1, -0.05) is 143 Å². The third-order valence-electron chi connectivity index (χ3n) is 11.2. The molecule has 9 rings (SSSR count). The lowest BCUT2D eigenvalue weighted by Crippen LogP contribution is -2.16. The van der Waals surface area contributed by atoms with Crippen molar-refractivity contribution in [3.8, 4) is 11.1 Å². The van der Waals surface area contributed by atoms with Crippen molar-refractivity contribution in [2.75, 3.05) is 4.90 Å². The minimum Gasteiger partial charge on any atom is -0.454 e. The van der Waals surface area contributed by atoms with Crippen molar-refractivity contribution < 1.29 is 4.42 Å². The molecule has 2 nitrogen and oxygen atoms in total. The highest BCUT2D eigenvalue weighted by molar-refractivity contribution is 6.12. The Kier molecular flexibility index (Phi) is 6.58. The molecule has 0 N–H and O–H groups in total. The van der Waals surface area contributed by atoms with Gasteiger partial charge >= 0.3 is 0 Å². The van der Waals surface area contributed by atoms with Crippen LogP contribution in [-0.4, -0.2) is 0 Å². The van der Waals surface area contributed by atoms with Crippen LogP contribution in [0.5, 0.6) is 0 Å². The first-order valence-electron chi connectivity index (χ1n) is 17.6. The van der Waals surface area contributed by atoms with Crippen LogP contribution in [0, 0.1) is 0 Å². The summed E-state index contributed by atoms with van der Waals surface area (Å²) in [4.78, 5) is 2.45. The Morgan fingerprint density at radius 2 is 1.39 bits per heavy atom. The van der Waals surface area contributed by atoms with E-state index in [1.807, 2.05) is 0 Å². The van der Waals surface area contributed by atoms with Crippen molar-refractivity contribution in [3.63, 3.8) is 0 Å². The zero-order valence-electron chi connectivity index (χ0n) is 28.9. The second-order valence-electron chi connectivity index (χ2n) is 15.0. The monoisotopic (exact) mass is 635 g/mol. The highest BCUT2D eigenvalue weighted by Crippen LogP contribution is 2.56. The Bertz CT molecular complexity index is 2500. The van der Waals surface area contributed by atoms with E-state index in [4.69, 9.17) is 4.42 Å². The van der Waals surface area contributed by atoms with E-state index in [-0.39, 0.29) is 10.8 Å². The number of benzene rings is 6. The number of hydrogen-bond acceptors (Lipinski definition) is 2. The summed E-state index contributed by atoms with van der Waals surface area (Å²) in [7, 11) is 0. The maximum absolute atomic E-state index is 7.20. The number of allylic oxidation sites excluding steroid dienone is 4. The zero-order chi connectivity index (χ0) is 33.5. The fourth-order valence-electron chi connectivity index (χ4n) is 8.88. The first-order chi connectivity index (χ1) is 23.8. The molecule has 0 fully saturated rings. The summed E-state index contributed by atoms with van der Waals surface area (Å²) in [5.74, 6) is 0.293. The van der Waals surface area contributed by atoms with Gasteiger partial charge in [-0.3, -0.25) is 0 Å². The first-order valence-corrected chi connectivity index (χ1v) is 17.6. The molecule has 0 amide bonds. The largest absolute Gasteiger partial charge is 0.454 e. The van der Waals surface area contributed by atoms with Crippen LogP contribution in [0.2, 0.25) is 0 Å². The molecule has 0 radical (unpaired) electrons. The smallest absolute Gasteiger partial charge is 0.159 e. The average molecular weight is 636 g/mol. The first kappa shape index (κ1) is 29.8. The topological polar surface area (TPSA) is 16.4 Å². The standard InChI is InChI=1S/C47H41NO/c1-6-7-8-17-32-29-46(2,3)38-27-26-35-34-19-13-23-41(44(34)49-45(35)42(32)38)48(33-25-24-30-15-9-10-16-31(30)28-33)40-22-14-21-39-43(40)36-18-11-12-20-37(36)47(39,4)5/h6-28,32H,29H2,1-5H3/b7-6-,17-8-. The number of furan rings is 1. The molecular weight excluding hydrogens is 595 g/mol. The van der Waals surface area contributed by atoms with Gasteiger partial charge in [-0.15, -0.1) is 0 Å². The lowest BCUT2D eigenvalue weighted by atomic mass is 9.82. The minimum atomic E-state index is -0.106. The molecular formula is C47H41NO. The minimum absolute atomic E-state index is 0.0676. The molecule has 49 heavy (non-hydrogen) atoms. The maximum Gasteiger partial charge on any atom is 0.159 e. The van der Waals surface area contributed by atoms with E-state index in [1.165, 1.54) is 49.5 Å². The van der Waals surface area contributed by atoms with Crippen molar-refractivity contribution in [1.29, 1.82) is 0 Å². The molecule has 0 aliphatic heterocycles. The van der Waals surface area contributed by atoms with Gasteiger partial charge in [0.15, 0.2) is 5.58 Å². The Labute approximate surface area is 289 Å². The lowest BCUT2D eigenvalue weighted by Gasteiger charge is -2.29. The van der Waals surface area contributed by atoms with Gasteiger partial charge in [0.05, 0.1) is 11.4 Å². The van der Waals surface area contributed by atoms with Crippen LogP contribution in [-0.2, 0) is 10.8 Å². The summed E-state index contributed by atoms with van der Waals surface area (Å²) < 4.78 is 7.20. The van der Waals surface area contributed by atoms with Crippen LogP contribution in [0.25, 0.3) is 43.8 Å². The molecule has 1 aromatic heterocycles. The normalized spacial score (nSPS) is 17.4. The Balaban J connectivity index is 1.34. The number of nitrogens with zero attached hydrogens (tertiary/aromatic N) is 1. The molecule has 7 aromatic rings. The molecule has 6 aromatic carbocycles. The van der Waals surface area contributed by atoms with Crippen LogP contribution in [0.4, 0.5) is 17.1 Å². The van der Waals surface area contributed by atoms with Crippen molar-refractivity contribution in [3.05, 3.63) is 162 Å². The molecule has 2 aliphatic rings. The highest BCUT2D eigenvalue weighted by atomic mass is 16.3. The summed E-state index contributed by atoms with van der Waals surface area (Å²) in [5.41, 5.74) is 13.3. The number of para-hydroxylation sites is 1. The molecule has 0 spiro atoms. The molecule has 1 heterocycles. The second-order valence-corrected chi connectivity index (χ2v) is 15.0. The van der Waals surface area contributed by atoms with E-state index in [0.717, 1.165) is 40.0 Å². The SMILES string of the molecule is C/C=C\C=C/C1CC(C)(C)c2ccc3c(oc4c(N(c5ccc6ccccc6c5)c5cccc6c5-c5ccccc5C6(C)C)cccc43)c21. The van der Waals surface area contributed by atoms with Gasteiger partial charge in [0.25, 0.3) is 0 Å². The fraction of sp³-hybridized carbons (Fsp3) is 0.191. The summed E-state index contributed by atoms with van der Waals surface area (Å²) in [6.45, 7) is 11.5. The summed E-state index contributed by atoms with van der Waals surface area (Å²) in [5, 5.41) is 4.77. The third-order valence-corrected chi connectivity index (χ3v) is 11.2. The van der Waals surface area contributed by atoms with Crippen LogP contribution in [0.15, 0.2) is 144 Å². The summed E-state index contributed by atoms with van der Waals surface area (Å²) in [6, 6.07) is 42.5. The highest BCUT2D eigenvalue weighted by Gasteiger charge is 2.40. The Morgan fingerprint density at radius 3 is 2.24 bits per heavy atom. The van der Waals surface area contributed by atoms with Crippen molar-refractivity contribution in [2.24, 2.45) is 0 Å². The van der Waals surface area contributed by atoms with Gasteiger partial charge in [-0.2, -0.15) is 0 Å². The van der Waals surface area contributed by atoms with Gasteiger partial charge in [0, 0.05) is 38.9 Å². The average Bonchev–Trinajstić information content (AvgIpc) is 3.70. The molecule has 0 bridgehead atoms. The van der Waals surface area contributed by atoms with Crippen LogP contribution >= 0.6 is 0 Å². The van der Waals surface area contributed by atoms with Gasteiger partial charge in [-0.25, -0.2) is 0 Å². The number of rotatable bonds is 5. The molecule has 1 unspecified atom stereocenters. The van der Waals surface area contributed by atoms with Gasteiger partial charge < -0.3 is 9.32 Å². The van der Waals surface area contributed by atoms with Crippen LogP contribution < -0.4 is 4.90 Å². The molecule has 1 atom stereocenters. The van der Waals surface area contributed by atoms with E-state index >= 15 is 0 Å². The molecule has 2 heteroatoms. The second kappa shape index (κ2) is 10.8. The van der Waals surface area contributed by atoms with E-state index < -0.39 is 0 Å². The number of hydrogen-bond donors (Lipinski definition) is 0. The van der Waals surface area contributed by atoms with Gasteiger partial charge in [0.2, 0.25) is 0 Å². The molecule has 0 saturated heterocycles. The van der Waals surface area contributed by atoms with E-state index in [2.05, 4.69) is 179 Å². The predicted molar refractivity (Wildman–Crippen MR) is 208 cm³/mol. The quantitative estimate of drug-likeness (QED) is 0.175. The van der Waals surface area contributed by atoms with Crippen LogP contribution in [0.3, 0.4) is 0 Å². The summed E-state index contributed by atoms with van der Waals surface area (Å²) in [6.07, 6.45) is 9.83. The maximum atomic E-state index is 7.20. The fourth-order valence-corrected chi connectivity index (χ4v) is 8.88. The summed E-state index contributed by atoms with van der Waals surface area (Å²) >= 11 is 0. The number of fused-ring (bicyclic) bond motifs is 9. The Hall–Kier alpha value is -5.34. The van der Waals surface area contributed by atoms with Crippen molar-refractivity contribution in [1.82, 2.24) is 0 Å². The third kappa shape index (κ3) is 4.40. The van der Waals surface area contributed by atoms with E-state index in [1.54, 1.807) is 0 Å². The van der Waals surface area contributed by atoms with E-state index in [9.17, 15) is 0 Å². The zero-order valence-corrected chi connectivity index (χ0v) is 28.9. The van der Waals surface area contributed by atoms with Gasteiger partial charge in [-0.05, 0) is 76.1 Å². The van der Waals surface area contributed by atoms with E-state index in [0.29, 0.717) is 5.92 Å². The van der Waals surface area contributed by atoms with Crippen LogP contribution in [0.1, 0.15) is 69.2 Å². The predicted octanol–water partition coefficient (Wildman–Crippen LogP) is 13.4.